The van der Waals surface area contributed by atoms with E-state index in [0.717, 1.165) is 5.75 Å². The topological polar surface area (TPSA) is 26.8 Å². The summed E-state index contributed by atoms with van der Waals surface area (Å²) in [4.78, 5) is 18.2. The lowest BCUT2D eigenvalue weighted by Crippen LogP contribution is -2.44. The van der Waals surface area contributed by atoms with E-state index in [-0.39, 0.29) is 11.2 Å². The first kappa shape index (κ1) is 15.8. The molecule has 1 aliphatic heterocycles. The van der Waals surface area contributed by atoms with Gasteiger partial charge in [0.2, 0.25) is 5.91 Å². The van der Waals surface area contributed by atoms with Gasteiger partial charge in [0.25, 0.3) is 0 Å². The van der Waals surface area contributed by atoms with Crippen LogP contribution in [0, 0.1) is 0 Å². The molecule has 1 rings (SSSR count). The van der Waals surface area contributed by atoms with Gasteiger partial charge in [0, 0.05) is 40.3 Å². The number of piperazine rings is 1. The van der Waals surface area contributed by atoms with Crippen LogP contribution >= 0.6 is 11.8 Å². The van der Waals surface area contributed by atoms with Crippen LogP contribution in [-0.4, -0.2) is 85.5 Å². The van der Waals surface area contributed by atoms with E-state index >= 15 is 0 Å². The van der Waals surface area contributed by atoms with Crippen molar-refractivity contribution in [2.75, 3.05) is 59.6 Å². The van der Waals surface area contributed by atoms with E-state index in [0.29, 0.717) is 0 Å². The number of thioether (sulfide) groups is 1. The van der Waals surface area contributed by atoms with Crippen molar-refractivity contribution in [2.45, 2.75) is 18.6 Å². The fourth-order valence-corrected chi connectivity index (χ4v) is 3.06. The van der Waals surface area contributed by atoms with Crippen molar-refractivity contribution in [3.05, 3.63) is 0 Å². The second-order valence-electron chi connectivity index (χ2n) is 5.24. The predicted molar refractivity (Wildman–Crippen MR) is 79.2 cm³/mol. The van der Waals surface area contributed by atoms with Gasteiger partial charge in [0.15, 0.2) is 0 Å². The average Bonchev–Trinajstić information content (AvgIpc) is 2.35. The first-order valence-corrected chi connectivity index (χ1v) is 7.79. The summed E-state index contributed by atoms with van der Waals surface area (Å²) < 4.78 is 0. The summed E-state index contributed by atoms with van der Waals surface area (Å²) in [5.74, 6) is 1.30. The molecule has 0 aliphatic carbocycles. The highest BCUT2D eigenvalue weighted by Crippen LogP contribution is 2.14. The van der Waals surface area contributed by atoms with Gasteiger partial charge < -0.3 is 14.7 Å². The van der Waals surface area contributed by atoms with E-state index < -0.39 is 0 Å². The van der Waals surface area contributed by atoms with Crippen molar-refractivity contribution < 1.29 is 4.79 Å². The third kappa shape index (κ3) is 5.59. The summed E-state index contributed by atoms with van der Waals surface area (Å²) in [5.41, 5.74) is 0. The molecule has 0 aromatic rings. The van der Waals surface area contributed by atoms with Gasteiger partial charge in [-0.2, -0.15) is 0 Å². The van der Waals surface area contributed by atoms with E-state index in [1.165, 1.54) is 39.1 Å². The number of rotatable bonds is 6. The highest BCUT2D eigenvalue weighted by Gasteiger charge is 2.16. The van der Waals surface area contributed by atoms with E-state index in [9.17, 15) is 4.79 Å². The van der Waals surface area contributed by atoms with Gasteiger partial charge >= 0.3 is 0 Å². The summed E-state index contributed by atoms with van der Waals surface area (Å²) in [7, 11) is 5.83. The zero-order valence-corrected chi connectivity index (χ0v) is 13.0. The van der Waals surface area contributed by atoms with Crippen LogP contribution in [0.3, 0.4) is 0 Å². The van der Waals surface area contributed by atoms with Crippen molar-refractivity contribution in [1.82, 2.24) is 14.7 Å². The standard InChI is InChI=1S/C13H27N3OS/c1-12(13(17)14(2)3)18-11-5-6-16-9-7-15(4)8-10-16/h12H,5-11H2,1-4H3/t12-/m0/s1. The van der Waals surface area contributed by atoms with Crippen molar-refractivity contribution in [2.24, 2.45) is 0 Å². The van der Waals surface area contributed by atoms with Gasteiger partial charge in [0.05, 0.1) is 5.25 Å². The van der Waals surface area contributed by atoms with Gasteiger partial charge in [-0.05, 0) is 32.7 Å². The van der Waals surface area contributed by atoms with Gasteiger partial charge in [-0.1, -0.05) is 0 Å². The Labute approximate surface area is 116 Å². The Morgan fingerprint density at radius 2 is 1.89 bits per heavy atom. The molecule has 5 heteroatoms. The Hall–Kier alpha value is -0.260. The molecule has 1 aliphatic rings. The van der Waals surface area contributed by atoms with Gasteiger partial charge in [-0.25, -0.2) is 0 Å². The monoisotopic (exact) mass is 273 g/mol. The summed E-state index contributed by atoms with van der Waals surface area (Å²) in [6.45, 7) is 7.92. The third-order valence-corrected chi connectivity index (χ3v) is 4.60. The molecule has 106 valence electrons. The fourth-order valence-electron chi connectivity index (χ4n) is 2.05. The molecule has 18 heavy (non-hydrogen) atoms. The average molecular weight is 273 g/mol. The van der Waals surface area contributed by atoms with Crippen LogP contribution in [0.15, 0.2) is 0 Å². The summed E-state index contributed by atoms with van der Waals surface area (Å²) in [6.07, 6.45) is 1.18. The lowest BCUT2D eigenvalue weighted by molar-refractivity contribution is -0.127. The Balaban J connectivity index is 2.06. The van der Waals surface area contributed by atoms with Gasteiger partial charge in [-0.15, -0.1) is 11.8 Å². The minimum absolute atomic E-state index is 0.0903. The Morgan fingerprint density at radius 3 is 2.44 bits per heavy atom. The third-order valence-electron chi connectivity index (χ3n) is 3.37. The number of hydrogen-bond donors (Lipinski definition) is 0. The molecule has 0 aromatic heterocycles. The smallest absolute Gasteiger partial charge is 0.234 e. The van der Waals surface area contributed by atoms with Crippen LogP contribution < -0.4 is 0 Å². The largest absolute Gasteiger partial charge is 0.348 e. The van der Waals surface area contributed by atoms with E-state index in [1.807, 2.05) is 21.0 Å². The SMILES string of the molecule is C[C@H](SCCCN1CCN(C)CC1)C(=O)N(C)C. The predicted octanol–water partition coefficient (Wildman–Crippen LogP) is 0.834. The maximum Gasteiger partial charge on any atom is 0.234 e. The maximum atomic E-state index is 11.7. The molecular weight excluding hydrogens is 246 g/mol. The quantitative estimate of drug-likeness (QED) is 0.670. The number of hydrogen-bond acceptors (Lipinski definition) is 4. The zero-order chi connectivity index (χ0) is 13.5. The number of carbonyl (C=O) groups excluding carboxylic acids is 1. The second kappa shape index (κ2) is 8.02. The minimum Gasteiger partial charge on any atom is -0.348 e. The first-order valence-electron chi connectivity index (χ1n) is 6.74. The molecule has 1 atom stereocenters. The van der Waals surface area contributed by atoms with Gasteiger partial charge in [-0.3, -0.25) is 4.79 Å². The Bertz CT molecular complexity index is 253. The molecule has 0 bridgehead atoms. The number of nitrogens with zero attached hydrogens (tertiary/aromatic N) is 3. The highest BCUT2D eigenvalue weighted by molar-refractivity contribution is 8.00. The van der Waals surface area contributed by atoms with E-state index in [1.54, 1.807) is 16.7 Å². The van der Waals surface area contributed by atoms with Crippen molar-refractivity contribution in [3.63, 3.8) is 0 Å². The van der Waals surface area contributed by atoms with Crippen LogP contribution in [0.2, 0.25) is 0 Å². The van der Waals surface area contributed by atoms with Crippen LogP contribution in [0.25, 0.3) is 0 Å². The number of carbonyl (C=O) groups is 1. The lowest BCUT2D eigenvalue weighted by Gasteiger charge is -2.32. The van der Waals surface area contributed by atoms with E-state index in [4.69, 9.17) is 0 Å². The van der Waals surface area contributed by atoms with Crippen molar-refractivity contribution in [3.8, 4) is 0 Å². The molecule has 1 heterocycles. The maximum absolute atomic E-state index is 11.7. The Kier molecular flexibility index (Phi) is 7.04. The molecule has 0 spiro atoms. The van der Waals surface area contributed by atoms with Crippen LogP contribution in [0.5, 0.6) is 0 Å². The molecule has 1 fully saturated rings. The highest BCUT2D eigenvalue weighted by atomic mass is 32.2. The molecule has 4 nitrogen and oxygen atoms in total. The van der Waals surface area contributed by atoms with Crippen LogP contribution in [0.1, 0.15) is 13.3 Å². The van der Waals surface area contributed by atoms with Crippen molar-refractivity contribution >= 4 is 17.7 Å². The fraction of sp³-hybridized carbons (Fsp3) is 0.923. The normalized spacial score (nSPS) is 19.8. The molecule has 1 saturated heterocycles. The van der Waals surface area contributed by atoms with Crippen molar-refractivity contribution in [1.29, 1.82) is 0 Å². The molecule has 0 N–H and O–H groups in total. The number of likely N-dealkylation sites (N-methyl/N-ethyl adjacent to an activating group) is 1. The minimum atomic E-state index is 0.0903. The summed E-state index contributed by atoms with van der Waals surface area (Å²) in [6, 6.07) is 0. The van der Waals surface area contributed by atoms with Gasteiger partial charge in [0.1, 0.15) is 0 Å². The number of amides is 1. The van der Waals surface area contributed by atoms with E-state index in [2.05, 4.69) is 16.8 Å². The molecule has 0 radical (unpaired) electrons. The van der Waals surface area contributed by atoms with Crippen LogP contribution in [0.4, 0.5) is 0 Å². The first-order chi connectivity index (χ1) is 8.50. The second-order valence-corrected chi connectivity index (χ2v) is 6.69. The lowest BCUT2D eigenvalue weighted by atomic mass is 10.3. The molecule has 0 aromatic carbocycles. The summed E-state index contributed by atoms with van der Waals surface area (Å²) >= 11 is 1.77. The Morgan fingerprint density at radius 1 is 1.28 bits per heavy atom. The van der Waals surface area contributed by atoms with Crippen LogP contribution in [-0.2, 0) is 4.79 Å². The zero-order valence-electron chi connectivity index (χ0n) is 12.2. The summed E-state index contributed by atoms with van der Waals surface area (Å²) in [5, 5.41) is 0.0903. The molecule has 0 saturated carbocycles. The molecule has 1 amide bonds. The molecule has 0 unspecified atom stereocenters. The molecular formula is C13H27N3OS.